The summed E-state index contributed by atoms with van der Waals surface area (Å²) in [4.78, 5) is 42.6. The highest BCUT2D eigenvalue weighted by atomic mass is 16.2. The third kappa shape index (κ3) is 3.52. The SMILES string of the molecule is CC(C)[C@@H](C)N(C)C(=O)CCCn1cnc2c1c(=O)n(C)c(=O)n2C. The van der Waals surface area contributed by atoms with Crippen LogP contribution in [0, 0.1) is 5.92 Å². The van der Waals surface area contributed by atoms with Crippen molar-refractivity contribution in [2.45, 2.75) is 46.2 Å². The monoisotopic (exact) mass is 349 g/mol. The van der Waals surface area contributed by atoms with Crippen molar-refractivity contribution in [3.05, 3.63) is 27.2 Å². The first-order valence-electron chi connectivity index (χ1n) is 8.53. The molecule has 0 unspecified atom stereocenters. The minimum absolute atomic E-state index is 0.0888. The van der Waals surface area contributed by atoms with Crippen molar-refractivity contribution in [2.24, 2.45) is 20.0 Å². The van der Waals surface area contributed by atoms with Crippen LogP contribution < -0.4 is 11.2 Å². The van der Waals surface area contributed by atoms with Gasteiger partial charge in [0.15, 0.2) is 11.2 Å². The quantitative estimate of drug-likeness (QED) is 0.769. The number of nitrogens with zero attached hydrogens (tertiary/aromatic N) is 5. The fourth-order valence-electron chi connectivity index (χ4n) is 2.82. The molecule has 0 aliphatic heterocycles. The predicted molar refractivity (Wildman–Crippen MR) is 96.5 cm³/mol. The lowest BCUT2D eigenvalue weighted by atomic mass is 10.0. The Bertz CT molecular complexity index is 890. The number of aryl methyl sites for hydroxylation is 2. The molecule has 0 aliphatic carbocycles. The maximum absolute atomic E-state index is 12.4. The van der Waals surface area contributed by atoms with Gasteiger partial charge in [0.05, 0.1) is 6.33 Å². The van der Waals surface area contributed by atoms with Gasteiger partial charge in [0.25, 0.3) is 5.56 Å². The van der Waals surface area contributed by atoms with Gasteiger partial charge in [-0.2, -0.15) is 0 Å². The van der Waals surface area contributed by atoms with E-state index in [-0.39, 0.29) is 17.5 Å². The van der Waals surface area contributed by atoms with E-state index in [1.807, 2.05) is 14.0 Å². The van der Waals surface area contributed by atoms with E-state index < -0.39 is 5.69 Å². The fraction of sp³-hybridized carbons (Fsp3) is 0.647. The standard InChI is InChI=1S/C17H27N5O3/c1-11(2)12(3)19(4)13(23)8-7-9-22-10-18-15-14(22)16(24)21(6)17(25)20(15)5/h10-12H,7-9H2,1-6H3/t12-/m1/s1. The Labute approximate surface area is 146 Å². The number of carbonyl (C=O) groups is 1. The van der Waals surface area contributed by atoms with Crippen molar-refractivity contribution >= 4 is 17.1 Å². The van der Waals surface area contributed by atoms with E-state index in [2.05, 4.69) is 18.8 Å². The number of hydrogen-bond donors (Lipinski definition) is 0. The number of aromatic nitrogens is 4. The van der Waals surface area contributed by atoms with E-state index in [4.69, 9.17) is 0 Å². The van der Waals surface area contributed by atoms with Crippen LogP contribution in [0.3, 0.4) is 0 Å². The zero-order valence-electron chi connectivity index (χ0n) is 15.8. The molecule has 0 saturated carbocycles. The van der Waals surface area contributed by atoms with Crippen LogP contribution in [0.2, 0.25) is 0 Å². The maximum Gasteiger partial charge on any atom is 0.332 e. The zero-order valence-corrected chi connectivity index (χ0v) is 15.8. The van der Waals surface area contributed by atoms with Crippen LogP contribution in [-0.2, 0) is 25.4 Å². The summed E-state index contributed by atoms with van der Waals surface area (Å²) in [5.41, 5.74) is -0.0133. The molecule has 2 aromatic heterocycles. The Balaban J connectivity index is 2.14. The highest BCUT2D eigenvalue weighted by molar-refractivity contribution is 5.76. The molecular weight excluding hydrogens is 322 g/mol. The molecule has 2 heterocycles. The highest BCUT2D eigenvalue weighted by Crippen LogP contribution is 2.11. The van der Waals surface area contributed by atoms with Gasteiger partial charge < -0.3 is 9.47 Å². The second-order valence-corrected chi connectivity index (χ2v) is 6.91. The third-order valence-electron chi connectivity index (χ3n) is 4.98. The van der Waals surface area contributed by atoms with E-state index in [1.54, 1.807) is 22.8 Å². The molecule has 0 spiro atoms. The molecular formula is C17H27N5O3. The van der Waals surface area contributed by atoms with Crippen molar-refractivity contribution in [2.75, 3.05) is 7.05 Å². The molecule has 0 aromatic carbocycles. The van der Waals surface area contributed by atoms with Crippen LogP contribution in [0.1, 0.15) is 33.6 Å². The number of carbonyl (C=O) groups excluding carboxylic acids is 1. The topological polar surface area (TPSA) is 82.1 Å². The summed E-state index contributed by atoms with van der Waals surface area (Å²) in [5, 5.41) is 0. The number of imidazole rings is 1. The first-order chi connectivity index (χ1) is 11.7. The summed E-state index contributed by atoms with van der Waals surface area (Å²) in [7, 11) is 4.87. The van der Waals surface area contributed by atoms with Gasteiger partial charge in [-0.15, -0.1) is 0 Å². The van der Waals surface area contributed by atoms with Crippen LogP contribution in [0.25, 0.3) is 11.2 Å². The minimum Gasteiger partial charge on any atom is -0.343 e. The molecule has 1 amide bonds. The first-order valence-corrected chi connectivity index (χ1v) is 8.53. The summed E-state index contributed by atoms with van der Waals surface area (Å²) in [6.07, 6.45) is 2.56. The highest BCUT2D eigenvalue weighted by Gasteiger charge is 2.19. The van der Waals surface area contributed by atoms with Crippen molar-refractivity contribution in [1.29, 1.82) is 0 Å². The summed E-state index contributed by atoms with van der Waals surface area (Å²) >= 11 is 0. The predicted octanol–water partition coefficient (Wildman–Crippen LogP) is 0.717. The first kappa shape index (κ1) is 19.0. The summed E-state index contributed by atoms with van der Waals surface area (Å²) in [5.74, 6) is 0.488. The molecule has 0 N–H and O–H groups in total. The largest absolute Gasteiger partial charge is 0.343 e. The molecule has 2 aromatic rings. The van der Waals surface area contributed by atoms with Crippen LogP contribution in [0.15, 0.2) is 15.9 Å². The Kier molecular flexibility index (Phi) is 5.49. The molecule has 0 radical (unpaired) electrons. The van der Waals surface area contributed by atoms with Crippen molar-refractivity contribution in [3.63, 3.8) is 0 Å². The van der Waals surface area contributed by atoms with Gasteiger partial charge in [-0.25, -0.2) is 9.78 Å². The lowest BCUT2D eigenvalue weighted by Crippen LogP contribution is -2.38. The normalized spacial score (nSPS) is 12.8. The average Bonchev–Trinajstić information content (AvgIpc) is 3.00. The maximum atomic E-state index is 12.4. The molecule has 8 heteroatoms. The van der Waals surface area contributed by atoms with Crippen molar-refractivity contribution in [3.8, 4) is 0 Å². The molecule has 0 bridgehead atoms. The third-order valence-corrected chi connectivity index (χ3v) is 4.98. The van der Waals surface area contributed by atoms with Gasteiger partial charge in [0.1, 0.15) is 0 Å². The van der Waals surface area contributed by atoms with E-state index in [0.29, 0.717) is 36.5 Å². The molecule has 2 rings (SSSR count). The van der Waals surface area contributed by atoms with E-state index in [9.17, 15) is 14.4 Å². The van der Waals surface area contributed by atoms with E-state index in [0.717, 1.165) is 4.57 Å². The van der Waals surface area contributed by atoms with Crippen molar-refractivity contribution < 1.29 is 4.79 Å². The zero-order chi connectivity index (χ0) is 18.9. The number of rotatable bonds is 6. The molecule has 25 heavy (non-hydrogen) atoms. The molecule has 0 saturated heterocycles. The van der Waals surface area contributed by atoms with Gasteiger partial charge in [0.2, 0.25) is 5.91 Å². The Morgan fingerprint density at radius 1 is 1.20 bits per heavy atom. The lowest BCUT2D eigenvalue weighted by molar-refractivity contribution is -0.132. The second-order valence-electron chi connectivity index (χ2n) is 6.91. The average molecular weight is 349 g/mol. The molecule has 0 aliphatic rings. The summed E-state index contributed by atoms with van der Waals surface area (Å²) in [6.45, 7) is 6.72. The summed E-state index contributed by atoms with van der Waals surface area (Å²) < 4.78 is 4.15. The molecule has 8 nitrogen and oxygen atoms in total. The Morgan fingerprint density at radius 3 is 2.44 bits per heavy atom. The van der Waals surface area contributed by atoms with Gasteiger partial charge in [0, 0.05) is 40.2 Å². The van der Waals surface area contributed by atoms with Crippen LogP contribution in [-0.4, -0.2) is 42.6 Å². The van der Waals surface area contributed by atoms with Crippen LogP contribution >= 0.6 is 0 Å². The molecule has 1 atom stereocenters. The van der Waals surface area contributed by atoms with Gasteiger partial charge in [-0.05, 0) is 19.3 Å². The van der Waals surface area contributed by atoms with Crippen LogP contribution in [0.5, 0.6) is 0 Å². The fourth-order valence-corrected chi connectivity index (χ4v) is 2.82. The summed E-state index contributed by atoms with van der Waals surface area (Å²) in [6, 6.07) is 0.184. The number of fused-ring (bicyclic) bond motifs is 1. The Morgan fingerprint density at radius 2 is 1.84 bits per heavy atom. The minimum atomic E-state index is -0.401. The lowest BCUT2D eigenvalue weighted by Gasteiger charge is -2.28. The van der Waals surface area contributed by atoms with Crippen molar-refractivity contribution in [1.82, 2.24) is 23.6 Å². The van der Waals surface area contributed by atoms with E-state index >= 15 is 0 Å². The second kappa shape index (κ2) is 7.25. The Hall–Kier alpha value is -2.38. The van der Waals surface area contributed by atoms with Gasteiger partial charge in [-0.3, -0.25) is 18.7 Å². The van der Waals surface area contributed by atoms with Gasteiger partial charge in [-0.1, -0.05) is 13.8 Å². The molecule has 0 fully saturated rings. The smallest absolute Gasteiger partial charge is 0.332 e. The molecule has 138 valence electrons. The van der Waals surface area contributed by atoms with E-state index in [1.165, 1.54) is 11.6 Å². The van der Waals surface area contributed by atoms with Gasteiger partial charge >= 0.3 is 5.69 Å². The van der Waals surface area contributed by atoms with Crippen LogP contribution in [0.4, 0.5) is 0 Å². The number of amides is 1. The number of hydrogen-bond acceptors (Lipinski definition) is 4.